The molecule has 2 atom stereocenters. The monoisotopic (exact) mass is 310 g/mol. The number of piperidine rings is 1. The molecule has 0 radical (unpaired) electrons. The van der Waals surface area contributed by atoms with Crippen molar-refractivity contribution in [2.75, 3.05) is 32.1 Å². The van der Waals surface area contributed by atoms with Crippen LogP contribution in [0.2, 0.25) is 5.02 Å². The predicted octanol–water partition coefficient (Wildman–Crippen LogP) is 3.27. The van der Waals surface area contributed by atoms with Gasteiger partial charge in [0.25, 0.3) is 0 Å². The lowest BCUT2D eigenvalue weighted by atomic mass is 9.92. The van der Waals surface area contributed by atoms with Gasteiger partial charge in [0.2, 0.25) is 5.91 Å². The summed E-state index contributed by atoms with van der Waals surface area (Å²) in [5.41, 5.74) is 0.619. The number of hydrogen-bond acceptors (Lipinski definition) is 3. The summed E-state index contributed by atoms with van der Waals surface area (Å²) in [5.74, 6) is 1.87. The number of amides is 1. The van der Waals surface area contributed by atoms with E-state index in [2.05, 4.69) is 24.1 Å². The molecule has 1 aliphatic rings. The van der Waals surface area contributed by atoms with Crippen molar-refractivity contribution in [3.8, 4) is 5.75 Å². The quantitative estimate of drug-likeness (QED) is 0.928. The highest BCUT2D eigenvalue weighted by molar-refractivity contribution is 6.31. The number of halogens is 1. The average Bonchev–Trinajstić information content (AvgIpc) is 2.37. The zero-order chi connectivity index (χ0) is 15.4. The van der Waals surface area contributed by atoms with Crippen LogP contribution in [-0.2, 0) is 4.79 Å². The highest BCUT2D eigenvalue weighted by Crippen LogP contribution is 2.28. The van der Waals surface area contributed by atoms with Crippen LogP contribution in [0.1, 0.15) is 20.3 Å². The number of benzene rings is 1. The number of ether oxygens (including phenoxy) is 1. The van der Waals surface area contributed by atoms with Gasteiger partial charge in [0.15, 0.2) is 0 Å². The maximum atomic E-state index is 12.2. The molecule has 4 nitrogen and oxygen atoms in total. The molecular weight excluding hydrogens is 288 g/mol. The number of methoxy groups -OCH3 is 1. The number of carbonyl (C=O) groups is 1. The molecule has 0 saturated carbocycles. The molecule has 1 aromatic rings. The lowest BCUT2D eigenvalue weighted by Crippen LogP contribution is -2.42. The van der Waals surface area contributed by atoms with Gasteiger partial charge < -0.3 is 10.1 Å². The molecule has 1 aromatic carbocycles. The van der Waals surface area contributed by atoms with Crippen molar-refractivity contribution >= 4 is 23.2 Å². The zero-order valence-corrected chi connectivity index (χ0v) is 13.6. The second-order valence-electron chi connectivity index (χ2n) is 6.03. The maximum Gasteiger partial charge on any atom is 0.238 e. The molecule has 1 heterocycles. The second-order valence-corrected chi connectivity index (χ2v) is 6.47. The third kappa shape index (κ3) is 4.61. The Morgan fingerprint density at radius 1 is 1.38 bits per heavy atom. The molecule has 2 rings (SSSR count). The minimum atomic E-state index is -0.0307. The highest BCUT2D eigenvalue weighted by Gasteiger charge is 2.23. The summed E-state index contributed by atoms with van der Waals surface area (Å²) in [6.07, 6.45) is 1.24. The zero-order valence-electron chi connectivity index (χ0n) is 12.9. The molecule has 21 heavy (non-hydrogen) atoms. The molecule has 0 unspecified atom stereocenters. The van der Waals surface area contributed by atoms with Crippen LogP contribution in [-0.4, -0.2) is 37.6 Å². The minimum Gasteiger partial charge on any atom is -0.495 e. The fraction of sp³-hybridized carbons (Fsp3) is 0.562. The summed E-state index contributed by atoms with van der Waals surface area (Å²) in [4.78, 5) is 14.4. The largest absolute Gasteiger partial charge is 0.495 e. The van der Waals surface area contributed by atoms with Crippen LogP contribution in [0.3, 0.4) is 0 Å². The third-order valence-corrected chi connectivity index (χ3v) is 3.98. The van der Waals surface area contributed by atoms with Gasteiger partial charge in [0.05, 0.1) is 19.3 Å². The Balaban J connectivity index is 1.97. The Bertz CT molecular complexity index is 497. The van der Waals surface area contributed by atoms with Crippen molar-refractivity contribution in [1.82, 2.24) is 4.90 Å². The molecule has 1 fully saturated rings. The van der Waals surface area contributed by atoms with Crippen LogP contribution in [0.4, 0.5) is 5.69 Å². The molecule has 0 bridgehead atoms. The highest BCUT2D eigenvalue weighted by atomic mass is 35.5. The summed E-state index contributed by atoms with van der Waals surface area (Å²) >= 11 is 5.97. The second kappa shape index (κ2) is 7.14. The Morgan fingerprint density at radius 2 is 2.05 bits per heavy atom. The first-order valence-corrected chi connectivity index (χ1v) is 7.71. The number of anilines is 1. The first kappa shape index (κ1) is 16.1. The number of hydrogen-bond donors (Lipinski definition) is 1. The van der Waals surface area contributed by atoms with Crippen molar-refractivity contribution in [2.24, 2.45) is 11.8 Å². The van der Waals surface area contributed by atoms with E-state index >= 15 is 0 Å². The van der Waals surface area contributed by atoms with Crippen molar-refractivity contribution in [3.05, 3.63) is 23.2 Å². The molecule has 0 spiro atoms. The summed E-state index contributed by atoms with van der Waals surface area (Å²) < 4.78 is 5.24. The Labute approximate surface area is 131 Å². The minimum absolute atomic E-state index is 0.0307. The van der Waals surface area contributed by atoms with E-state index in [4.69, 9.17) is 16.3 Å². The van der Waals surface area contributed by atoms with E-state index in [1.54, 1.807) is 25.3 Å². The van der Waals surface area contributed by atoms with E-state index < -0.39 is 0 Å². The molecule has 1 amide bonds. The number of rotatable bonds is 4. The topological polar surface area (TPSA) is 41.6 Å². The molecule has 0 aliphatic carbocycles. The lowest BCUT2D eigenvalue weighted by molar-refractivity contribution is -0.117. The third-order valence-electron chi connectivity index (χ3n) is 3.75. The van der Waals surface area contributed by atoms with Gasteiger partial charge in [-0.1, -0.05) is 25.4 Å². The van der Waals surface area contributed by atoms with Crippen LogP contribution in [0.15, 0.2) is 18.2 Å². The van der Waals surface area contributed by atoms with E-state index in [1.165, 1.54) is 6.42 Å². The maximum absolute atomic E-state index is 12.2. The van der Waals surface area contributed by atoms with Crippen LogP contribution < -0.4 is 10.1 Å². The number of nitrogens with zero attached hydrogens (tertiary/aromatic N) is 1. The fourth-order valence-electron chi connectivity index (χ4n) is 3.09. The van der Waals surface area contributed by atoms with Gasteiger partial charge in [0, 0.05) is 18.1 Å². The van der Waals surface area contributed by atoms with Crippen molar-refractivity contribution in [3.63, 3.8) is 0 Å². The smallest absolute Gasteiger partial charge is 0.238 e. The average molecular weight is 311 g/mol. The van der Waals surface area contributed by atoms with Gasteiger partial charge in [0.1, 0.15) is 5.75 Å². The molecule has 0 aromatic heterocycles. The Kier molecular flexibility index (Phi) is 5.48. The molecule has 1 saturated heterocycles. The van der Waals surface area contributed by atoms with E-state index in [0.29, 0.717) is 34.8 Å². The van der Waals surface area contributed by atoms with Crippen LogP contribution in [0.25, 0.3) is 0 Å². The van der Waals surface area contributed by atoms with E-state index in [-0.39, 0.29) is 5.91 Å². The van der Waals surface area contributed by atoms with Crippen LogP contribution in [0, 0.1) is 11.8 Å². The van der Waals surface area contributed by atoms with Gasteiger partial charge in [-0.3, -0.25) is 9.69 Å². The predicted molar refractivity (Wildman–Crippen MR) is 86.0 cm³/mol. The molecule has 1 N–H and O–H groups in total. The van der Waals surface area contributed by atoms with Crippen molar-refractivity contribution in [2.45, 2.75) is 20.3 Å². The van der Waals surface area contributed by atoms with Crippen LogP contribution >= 0.6 is 11.6 Å². The summed E-state index contributed by atoms with van der Waals surface area (Å²) in [7, 11) is 1.58. The normalized spacial score (nSPS) is 22.9. The molecule has 5 heteroatoms. The van der Waals surface area contributed by atoms with Gasteiger partial charge in [-0.25, -0.2) is 0 Å². The van der Waals surface area contributed by atoms with E-state index in [9.17, 15) is 4.79 Å². The van der Waals surface area contributed by atoms with Crippen molar-refractivity contribution < 1.29 is 9.53 Å². The molecule has 1 aliphatic heterocycles. The van der Waals surface area contributed by atoms with Gasteiger partial charge >= 0.3 is 0 Å². The fourth-order valence-corrected chi connectivity index (χ4v) is 3.26. The molecule has 116 valence electrons. The summed E-state index contributed by atoms with van der Waals surface area (Å²) in [6.45, 7) is 6.83. The van der Waals surface area contributed by atoms with Gasteiger partial charge in [-0.15, -0.1) is 0 Å². The first-order valence-electron chi connectivity index (χ1n) is 7.33. The van der Waals surface area contributed by atoms with E-state index in [1.807, 2.05) is 0 Å². The summed E-state index contributed by atoms with van der Waals surface area (Å²) in [6, 6.07) is 5.20. The van der Waals surface area contributed by atoms with Gasteiger partial charge in [-0.05, 0) is 36.5 Å². The van der Waals surface area contributed by atoms with E-state index in [0.717, 1.165) is 13.1 Å². The van der Waals surface area contributed by atoms with Crippen LogP contribution in [0.5, 0.6) is 5.75 Å². The Hall–Kier alpha value is -1.26. The first-order chi connectivity index (χ1) is 9.97. The van der Waals surface area contributed by atoms with Gasteiger partial charge in [-0.2, -0.15) is 0 Å². The number of nitrogens with one attached hydrogen (secondary N) is 1. The number of likely N-dealkylation sites (tertiary alicyclic amines) is 1. The molecular formula is C16H23ClN2O2. The Morgan fingerprint density at radius 3 is 2.67 bits per heavy atom. The summed E-state index contributed by atoms with van der Waals surface area (Å²) in [5, 5.41) is 3.46. The SMILES string of the molecule is COc1ccc(Cl)cc1NC(=O)CN1C[C@@H](C)C[C@H](C)C1. The number of carbonyl (C=O) groups excluding carboxylic acids is 1. The van der Waals surface area contributed by atoms with Crippen molar-refractivity contribution in [1.29, 1.82) is 0 Å². The lowest BCUT2D eigenvalue weighted by Gasteiger charge is -2.34. The standard InChI is InChI=1S/C16H23ClN2O2/c1-11-6-12(2)9-19(8-11)10-16(20)18-14-7-13(17)4-5-15(14)21-3/h4-5,7,11-12H,6,8-10H2,1-3H3,(H,18,20)/t11-,12-/m0/s1.